The highest BCUT2D eigenvalue weighted by atomic mass is 16.7. The minimum Gasteiger partial charge on any atom is -0.445 e. The molecule has 0 unspecified atom stereocenters. The number of hydrogen-bond acceptors (Lipinski definition) is 3. The van der Waals surface area contributed by atoms with E-state index in [9.17, 15) is 0 Å². The normalized spacial score (nSPS) is 10.8. The highest BCUT2D eigenvalue weighted by Gasteiger charge is 2.00. The lowest BCUT2D eigenvalue weighted by Crippen LogP contribution is -2.08. The molecule has 0 fully saturated rings. The topological polar surface area (TPSA) is 40.2 Å². The lowest BCUT2D eigenvalue weighted by molar-refractivity contribution is 0.0832. The van der Waals surface area contributed by atoms with E-state index in [1.807, 2.05) is 36.7 Å². The first-order chi connectivity index (χ1) is 7.92. The number of benzene rings is 1. The van der Waals surface area contributed by atoms with Crippen molar-refractivity contribution in [3.63, 3.8) is 0 Å². The molecule has 3 rings (SSSR count). The van der Waals surface area contributed by atoms with Gasteiger partial charge in [-0.1, -0.05) is 24.3 Å². The first-order valence-corrected chi connectivity index (χ1v) is 5.00. The zero-order valence-corrected chi connectivity index (χ0v) is 8.54. The summed E-state index contributed by atoms with van der Waals surface area (Å²) >= 11 is 0. The van der Waals surface area contributed by atoms with Crippen molar-refractivity contribution in [2.75, 3.05) is 0 Å². The van der Waals surface area contributed by atoms with Gasteiger partial charge in [0.2, 0.25) is 5.89 Å². The third-order valence-electron chi connectivity index (χ3n) is 2.35. The molecule has 0 aliphatic rings. The molecule has 2 aromatic heterocycles. The van der Waals surface area contributed by atoms with E-state index in [1.165, 1.54) is 6.26 Å². The molecule has 2 heterocycles. The van der Waals surface area contributed by atoms with Gasteiger partial charge in [-0.05, 0) is 0 Å². The molecule has 4 nitrogen and oxygen atoms in total. The van der Waals surface area contributed by atoms with Crippen molar-refractivity contribution in [1.29, 1.82) is 0 Å². The van der Waals surface area contributed by atoms with E-state index >= 15 is 0 Å². The summed E-state index contributed by atoms with van der Waals surface area (Å²) in [6, 6.07) is 8.09. The van der Waals surface area contributed by atoms with Gasteiger partial charge in [0, 0.05) is 10.8 Å². The highest BCUT2D eigenvalue weighted by Crippen LogP contribution is 2.13. The Bertz CT molecular complexity index is 551. The van der Waals surface area contributed by atoms with Crippen LogP contribution in [-0.2, 0) is 6.61 Å². The Kier molecular flexibility index (Phi) is 2.11. The molecule has 0 bridgehead atoms. The lowest BCUT2D eigenvalue weighted by Gasteiger charge is -2.02. The fraction of sp³-hybridized carbons (Fsp3) is 0.0833. The summed E-state index contributed by atoms with van der Waals surface area (Å²) < 4.78 is 6.76. The zero-order valence-electron chi connectivity index (χ0n) is 8.54. The molecule has 0 spiro atoms. The number of rotatable bonds is 3. The van der Waals surface area contributed by atoms with Gasteiger partial charge < -0.3 is 9.25 Å². The SMILES string of the molecule is c1ccc2cn(OCc3ncco3)cc2c1. The van der Waals surface area contributed by atoms with Gasteiger partial charge >= 0.3 is 0 Å². The van der Waals surface area contributed by atoms with E-state index in [0.717, 1.165) is 10.8 Å². The predicted octanol–water partition coefficient (Wildman–Crippen LogP) is 2.26. The van der Waals surface area contributed by atoms with Crippen LogP contribution in [-0.4, -0.2) is 9.71 Å². The van der Waals surface area contributed by atoms with E-state index in [-0.39, 0.29) is 0 Å². The molecule has 0 radical (unpaired) electrons. The van der Waals surface area contributed by atoms with Crippen molar-refractivity contribution in [3.8, 4) is 0 Å². The summed E-state index contributed by atoms with van der Waals surface area (Å²) in [5.41, 5.74) is 0. The maximum Gasteiger partial charge on any atom is 0.234 e. The number of nitrogens with zero attached hydrogens (tertiary/aromatic N) is 2. The van der Waals surface area contributed by atoms with Crippen LogP contribution in [0.3, 0.4) is 0 Å². The molecule has 0 aliphatic heterocycles. The molecule has 0 amide bonds. The number of oxazole rings is 1. The van der Waals surface area contributed by atoms with Crippen LogP contribution < -0.4 is 4.84 Å². The average Bonchev–Trinajstić information content (AvgIpc) is 2.95. The second kappa shape index (κ2) is 3.73. The minimum atomic E-state index is 0.327. The van der Waals surface area contributed by atoms with Gasteiger partial charge in [-0.2, -0.15) is 4.73 Å². The summed E-state index contributed by atoms with van der Waals surface area (Å²) in [7, 11) is 0. The van der Waals surface area contributed by atoms with Gasteiger partial charge in [-0.25, -0.2) is 4.98 Å². The molecule has 0 N–H and O–H groups in total. The van der Waals surface area contributed by atoms with Crippen LogP contribution in [0.4, 0.5) is 0 Å². The van der Waals surface area contributed by atoms with Crippen molar-refractivity contribution in [1.82, 2.24) is 9.71 Å². The summed E-state index contributed by atoms with van der Waals surface area (Å²) in [6.07, 6.45) is 6.99. The first kappa shape index (κ1) is 9.03. The van der Waals surface area contributed by atoms with E-state index in [4.69, 9.17) is 9.25 Å². The highest BCUT2D eigenvalue weighted by molar-refractivity contribution is 5.81. The fourth-order valence-corrected chi connectivity index (χ4v) is 1.59. The van der Waals surface area contributed by atoms with Gasteiger partial charge in [0.15, 0.2) is 6.61 Å². The van der Waals surface area contributed by atoms with E-state index < -0.39 is 0 Å². The van der Waals surface area contributed by atoms with Crippen molar-refractivity contribution < 1.29 is 9.25 Å². The Balaban J connectivity index is 1.79. The second-order valence-electron chi connectivity index (χ2n) is 3.45. The molecule has 0 aliphatic carbocycles. The zero-order chi connectivity index (χ0) is 10.8. The number of hydrogen-bond donors (Lipinski definition) is 0. The Morgan fingerprint density at radius 3 is 2.56 bits per heavy atom. The monoisotopic (exact) mass is 214 g/mol. The molecule has 0 atom stereocenters. The first-order valence-electron chi connectivity index (χ1n) is 5.00. The molecule has 0 saturated heterocycles. The van der Waals surface area contributed by atoms with Crippen LogP contribution >= 0.6 is 0 Å². The maximum atomic E-state index is 5.50. The summed E-state index contributed by atoms with van der Waals surface area (Å²) in [5, 5.41) is 2.30. The van der Waals surface area contributed by atoms with Crippen molar-refractivity contribution in [3.05, 3.63) is 55.0 Å². The Hall–Kier alpha value is -2.23. The van der Waals surface area contributed by atoms with E-state index in [1.54, 1.807) is 10.9 Å². The molecular formula is C12H10N2O2. The second-order valence-corrected chi connectivity index (χ2v) is 3.45. The van der Waals surface area contributed by atoms with E-state index in [0.29, 0.717) is 12.5 Å². The predicted molar refractivity (Wildman–Crippen MR) is 58.7 cm³/mol. The third-order valence-corrected chi connectivity index (χ3v) is 2.35. The molecule has 80 valence electrons. The lowest BCUT2D eigenvalue weighted by atomic mass is 10.2. The largest absolute Gasteiger partial charge is 0.445 e. The third kappa shape index (κ3) is 1.65. The van der Waals surface area contributed by atoms with Gasteiger partial charge in [-0.15, -0.1) is 0 Å². The molecule has 16 heavy (non-hydrogen) atoms. The molecule has 3 aromatic rings. The van der Waals surface area contributed by atoms with Crippen LogP contribution in [0.15, 0.2) is 53.5 Å². The molecule has 1 aromatic carbocycles. The molecule has 0 saturated carbocycles. The van der Waals surface area contributed by atoms with Crippen molar-refractivity contribution in [2.24, 2.45) is 0 Å². The van der Waals surface area contributed by atoms with E-state index in [2.05, 4.69) is 4.98 Å². The summed E-state index contributed by atoms with van der Waals surface area (Å²) in [6.45, 7) is 0.327. The Labute approximate surface area is 92.0 Å². The van der Waals surface area contributed by atoms with Gasteiger partial charge in [0.1, 0.15) is 6.26 Å². The fourth-order valence-electron chi connectivity index (χ4n) is 1.59. The molecular weight excluding hydrogens is 204 g/mol. The minimum absolute atomic E-state index is 0.327. The Morgan fingerprint density at radius 2 is 1.94 bits per heavy atom. The number of fused-ring (bicyclic) bond motifs is 1. The van der Waals surface area contributed by atoms with Gasteiger partial charge in [-0.3, -0.25) is 0 Å². The maximum absolute atomic E-state index is 5.50. The smallest absolute Gasteiger partial charge is 0.234 e. The summed E-state index contributed by atoms with van der Waals surface area (Å²) in [4.78, 5) is 9.48. The van der Waals surface area contributed by atoms with Crippen molar-refractivity contribution >= 4 is 10.8 Å². The van der Waals surface area contributed by atoms with Crippen LogP contribution in [0, 0.1) is 0 Å². The molecule has 4 heteroatoms. The van der Waals surface area contributed by atoms with Crippen molar-refractivity contribution in [2.45, 2.75) is 6.61 Å². The summed E-state index contributed by atoms with van der Waals surface area (Å²) in [5.74, 6) is 0.567. The number of aromatic nitrogens is 2. The van der Waals surface area contributed by atoms with Gasteiger partial charge in [0.25, 0.3) is 0 Å². The average molecular weight is 214 g/mol. The van der Waals surface area contributed by atoms with Crippen LogP contribution in [0.2, 0.25) is 0 Å². The van der Waals surface area contributed by atoms with Crippen LogP contribution in [0.25, 0.3) is 10.8 Å². The van der Waals surface area contributed by atoms with Crippen LogP contribution in [0.5, 0.6) is 0 Å². The van der Waals surface area contributed by atoms with Crippen LogP contribution in [0.1, 0.15) is 5.89 Å². The quantitative estimate of drug-likeness (QED) is 0.671. The Morgan fingerprint density at radius 1 is 1.19 bits per heavy atom. The van der Waals surface area contributed by atoms with Gasteiger partial charge in [0.05, 0.1) is 18.6 Å². The standard InChI is InChI=1S/C12H10N2O2/c1-2-4-11-8-14(7-10(11)3-1)16-9-12-13-5-6-15-12/h1-8H,9H2.